The average Bonchev–Trinajstić information content (AvgIpc) is 2.69. The van der Waals surface area contributed by atoms with Crippen LogP contribution in [-0.2, 0) is 9.59 Å². The lowest BCUT2D eigenvalue weighted by Crippen LogP contribution is -2.28. The van der Waals surface area contributed by atoms with Crippen LogP contribution in [-0.4, -0.2) is 23.5 Å². The number of carbonyl (C=O) groups excluding carboxylic acids is 1. The summed E-state index contributed by atoms with van der Waals surface area (Å²) in [5.41, 5.74) is -0.470. The molecule has 1 rings (SSSR count). The zero-order valence-electron chi connectivity index (χ0n) is 8.78. The Balaban J connectivity index is 2.50. The minimum Gasteiger partial charge on any atom is -0.481 e. The van der Waals surface area contributed by atoms with Crippen molar-refractivity contribution in [3.63, 3.8) is 0 Å². The summed E-state index contributed by atoms with van der Waals surface area (Å²) >= 11 is 0. The van der Waals surface area contributed by atoms with E-state index in [1.54, 1.807) is 13.8 Å². The van der Waals surface area contributed by atoms with Crippen LogP contribution in [0.5, 0.6) is 0 Å². The van der Waals surface area contributed by atoms with Crippen LogP contribution in [0.4, 0.5) is 0 Å². The predicted octanol–water partition coefficient (Wildman–Crippen LogP) is 0.373. The van der Waals surface area contributed by atoms with Gasteiger partial charge in [0.25, 0.3) is 0 Å². The van der Waals surface area contributed by atoms with Gasteiger partial charge in [0.05, 0.1) is 24.3 Å². The Hall–Kier alpha value is -1.57. The first-order chi connectivity index (χ1) is 6.92. The summed E-state index contributed by atoms with van der Waals surface area (Å²) in [7, 11) is 0. The molecule has 0 heterocycles. The van der Waals surface area contributed by atoms with Crippen molar-refractivity contribution < 1.29 is 14.7 Å². The van der Waals surface area contributed by atoms with E-state index in [9.17, 15) is 9.59 Å². The maximum atomic E-state index is 11.5. The third-order valence-corrected chi connectivity index (χ3v) is 2.91. The zero-order chi connectivity index (χ0) is 11.6. The molecule has 82 valence electrons. The number of aliphatic carboxylic acids is 1. The summed E-state index contributed by atoms with van der Waals surface area (Å²) in [6, 6.07) is 1.91. The highest BCUT2D eigenvalue weighted by molar-refractivity contribution is 5.91. The van der Waals surface area contributed by atoms with E-state index in [4.69, 9.17) is 10.4 Å². The van der Waals surface area contributed by atoms with Gasteiger partial charge in [-0.25, -0.2) is 0 Å². The molecule has 0 aromatic heterocycles. The van der Waals surface area contributed by atoms with Crippen molar-refractivity contribution in [3.05, 3.63) is 0 Å². The molecule has 0 aromatic carbocycles. The van der Waals surface area contributed by atoms with Gasteiger partial charge in [-0.3, -0.25) is 9.59 Å². The number of amides is 1. The van der Waals surface area contributed by atoms with Gasteiger partial charge in [0, 0.05) is 6.54 Å². The molecule has 2 atom stereocenters. The number of carboxylic acid groups (broad SMARTS) is 1. The van der Waals surface area contributed by atoms with Gasteiger partial charge in [0.1, 0.15) is 0 Å². The summed E-state index contributed by atoms with van der Waals surface area (Å²) in [6.45, 7) is 3.81. The van der Waals surface area contributed by atoms with Crippen molar-refractivity contribution in [1.29, 1.82) is 5.26 Å². The zero-order valence-corrected chi connectivity index (χ0v) is 8.78. The van der Waals surface area contributed by atoms with Crippen LogP contribution in [0, 0.1) is 28.6 Å². The molecule has 2 unspecified atom stereocenters. The lowest BCUT2D eigenvalue weighted by atomic mass is 10.1. The lowest BCUT2D eigenvalue weighted by Gasteiger charge is -2.02. The topological polar surface area (TPSA) is 90.2 Å². The smallest absolute Gasteiger partial charge is 0.307 e. The molecule has 1 aliphatic rings. The van der Waals surface area contributed by atoms with E-state index in [0.29, 0.717) is 0 Å². The molecule has 5 nitrogen and oxygen atoms in total. The van der Waals surface area contributed by atoms with Crippen molar-refractivity contribution >= 4 is 11.9 Å². The quantitative estimate of drug-likeness (QED) is 0.656. The number of rotatable bonds is 4. The number of nitrogens with zero attached hydrogens (tertiary/aromatic N) is 1. The number of hydrogen-bond acceptors (Lipinski definition) is 3. The highest BCUT2D eigenvalue weighted by Crippen LogP contribution is 2.58. The summed E-state index contributed by atoms with van der Waals surface area (Å²) in [4.78, 5) is 22.3. The van der Waals surface area contributed by atoms with Crippen molar-refractivity contribution in [2.45, 2.75) is 20.3 Å². The second-order valence-electron chi connectivity index (χ2n) is 4.31. The van der Waals surface area contributed by atoms with Gasteiger partial charge in [-0.15, -0.1) is 0 Å². The largest absolute Gasteiger partial charge is 0.481 e. The Bertz CT molecular complexity index is 330. The van der Waals surface area contributed by atoms with Gasteiger partial charge in [-0.1, -0.05) is 13.8 Å². The Morgan fingerprint density at radius 2 is 2.07 bits per heavy atom. The van der Waals surface area contributed by atoms with Crippen LogP contribution in [0.2, 0.25) is 0 Å². The Morgan fingerprint density at radius 1 is 1.47 bits per heavy atom. The number of nitriles is 1. The molecule has 0 aliphatic heterocycles. The predicted molar refractivity (Wildman–Crippen MR) is 51.6 cm³/mol. The minimum absolute atomic E-state index is 0.247. The SMILES string of the molecule is CC1(C)C(C(=O)O)C1C(=O)NCCC#N. The molecule has 1 saturated carbocycles. The van der Waals surface area contributed by atoms with Crippen LogP contribution in [0.15, 0.2) is 0 Å². The van der Waals surface area contributed by atoms with Crippen molar-refractivity contribution in [2.24, 2.45) is 17.3 Å². The molecule has 2 N–H and O–H groups in total. The van der Waals surface area contributed by atoms with Gasteiger partial charge < -0.3 is 10.4 Å². The maximum absolute atomic E-state index is 11.5. The standard InChI is InChI=1S/C10H14N2O3/c1-10(2)6(7(10)9(14)15)8(13)12-5-3-4-11/h6-7H,3,5H2,1-2H3,(H,12,13)(H,14,15). The first-order valence-electron chi connectivity index (χ1n) is 4.80. The monoisotopic (exact) mass is 210 g/mol. The van der Waals surface area contributed by atoms with Crippen LogP contribution in [0.3, 0.4) is 0 Å². The molecule has 0 spiro atoms. The van der Waals surface area contributed by atoms with E-state index in [2.05, 4.69) is 5.32 Å². The molecule has 15 heavy (non-hydrogen) atoms. The normalized spacial score (nSPS) is 26.5. The van der Waals surface area contributed by atoms with Crippen molar-refractivity contribution in [1.82, 2.24) is 5.32 Å². The van der Waals surface area contributed by atoms with E-state index < -0.39 is 23.2 Å². The van der Waals surface area contributed by atoms with Crippen LogP contribution in [0.25, 0.3) is 0 Å². The van der Waals surface area contributed by atoms with E-state index in [0.717, 1.165) is 0 Å². The van der Waals surface area contributed by atoms with Crippen molar-refractivity contribution in [2.75, 3.05) is 6.54 Å². The second kappa shape index (κ2) is 3.89. The van der Waals surface area contributed by atoms with Crippen LogP contribution >= 0.6 is 0 Å². The number of carbonyl (C=O) groups is 2. The summed E-state index contributed by atoms with van der Waals surface area (Å²) < 4.78 is 0. The molecule has 0 radical (unpaired) electrons. The van der Waals surface area contributed by atoms with Crippen LogP contribution < -0.4 is 5.32 Å². The first kappa shape index (κ1) is 11.5. The van der Waals surface area contributed by atoms with Gasteiger partial charge in [0.15, 0.2) is 0 Å². The molecule has 0 aromatic rings. The first-order valence-corrected chi connectivity index (χ1v) is 4.80. The van der Waals surface area contributed by atoms with E-state index in [1.807, 2.05) is 6.07 Å². The summed E-state index contributed by atoms with van der Waals surface area (Å²) in [5, 5.41) is 19.7. The lowest BCUT2D eigenvalue weighted by molar-refractivity contribution is -0.140. The van der Waals surface area contributed by atoms with Crippen LogP contribution in [0.1, 0.15) is 20.3 Å². The summed E-state index contributed by atoms with van der Waals surface area (Å²) in [5.74, 6) is -2.25. The highest BCUT2D eigenvalue weighted by atomic mass is 16.4. The van der Waals surface area contributed by atoms with E-state index in [-0.39, 0.29) is 18.9 Å². The fourth-order valence-corrected chi connectivity index (χ4v) is 1.94. The Morgan fingerprint density at radius 3 is 2.47 bits per heavy atom. The molecular formula is C10H14N2O3. The summed E-state index contributed by atoms with van der Waals surface area (Å²) in [6.07, 6.45) is 0.247. The Kier molecular flexibility index (Phi) is 2.98. The average molecular weight is 210 g/mol. The molecule has 0 bridgehead atoms. The van der Waals surface area contributed by atoms with Crippen molar-refractivity contribution in [3.8, 4) is 6.07 Å². The highest BCUT2D eigenvalue weighted by Gasteiger charge is 2.65. The van der Waals surface area contributed by atoms with E-state index in [1.165, 1.54) is 0 Å². The van der Waals surface area contributed by atoms with Gasteiger partial charge in [-0.2, -0.15) is 5.26 Å². The third-order valence-electron chi connectivity index (χ3n) is 2.91. The van der Waals surface area contributed by atoms with Gasteiger partial charge >= 0.3 is 5.97 Å². The number of nitrogens with one attached hydrogen (secondary N) is 1. The minimum atomic E-state index is -0.930. The second-order valence-corrected chi connectivity index (χ2v) is 4.31. The Labute approximate surface area is 88.1 Å². The fourth-order valence-electron chi connectivity index (χ4n) is 1.94. The van der Waals surface area contributed by atoms with Gasteiger partial charge in [0.2, 0.25) is 5.91 Å². The fraction of sp³-hybridized carbons (Fsp3) is 0.700. The molecule has 1 aliphatic carbocycles. The number of hydrogen-bond donors (Lipinski definition) is 2. The third kappa shape index (κ3) is 2.09. The molecule has 5 heteroatoms. The molecule has 1 fully saturated rings. The molecule has 0 saturated heterocycles. The molecular weight excluding hydrogens is 196 g/mol. The molecule has 1 amide bonds. The van der Waals surface area contributed by atoms with Gasteiger partial charge in [-0.05, 0) is 5.41 Å². The number of carboxylic acids is 1. The van der Waals surface area contributed by atoms with E-state index >= 15 is 0 Å². The maximum Gasteiger partial charge on any atom is 0.307 e.